The molecule has 6 rings (SSSR count). The minimum Gasteiger partial charge on any atom is -0.507 e. The number of hydrogen-bond acceptors (Lipinski definition) is 8. The second kappa shape index (κ2) is 9.87. The molecule has 2 fully saturated rings. The van der Waals surface area contributed by atoms with Crippen LogP contribution in [0.4, 0.5) is 5.69 Å². The van der Waals surface area contributed by atoms with Crippen molar-refractivity contribution in [3.63, 3.8) is 0 Å². The molecule has 10 heteroatoms. The number of carbonyl (C=O) groups is 3. The number of amides is 2. The van der Waals surface area contributed by atoms with Gasteiger partial charge in [0, 0.05) is 43.9 Å². The summed E-state index contributed by atoms with van der Waals surface area (Å²) < 4.78 is 16.7. The van der Waals surface area contributed by atoms with Gasteiger partial charge < -0.3 is 29.1 Å². The number of hydrogen-bond donors (Lipinski definition) is 1. The minimum atomic E-state index is -1.82. The van der Waals surface area contributed by atoms with Crippen molar-refractivity contribution in [3.05, 3.63) is 71.8 Å². The smallest absolute Gasteiger partial charge is 0.296 e. The highest BCUT2D eigenvalue weighted by Crippen LogP contribution is 2.53. The Bertz CT molecular complexity index is 1400. The topological polar surface area (TPSA) is 109 Å². The van der Waals surface area contributed by atoms with Crippen LogP contribution in [0.3, 0.4) is 0 Å². The van der Waals surface area contributed by atoms with E-state index in [0.717, 1.165) is 0 Å². The van der Waals surface area contributed by atoms with Crippen LogP contribution in [-0.2, 0) is 24.7 Å². The maximum Gasteiger partial charge on any atom is 0.296 e. The number of aliphatic hydroxyl groups excluding tert-OH is 1. The van der Waals surface area contributed by atoms with E-state index in [0.29, 0.717) is 68.8 Å². The fourth-order valence-corrected chi connectivity index (χ4v) is 5.88. The van der Waals surface area contributed by atoms with Gasteiger partial charge in [0.25, 0.3) is 17.6 Å². The lowest BCUT2D eigenvalue weighted by Gasteiger charge is -2.36. The lowest BCUT2D eigenvalue weighted by Crippen LogP contribution is -2.54. The van der Waals surface area contributed by atoms with Crippen molar-refractivity contribution < 1.29 is 33.7 Å². The number of ether oxygens (including phenoxy) is 3. The Hall–Kier alpha value is -4.15. The fourth-order valence-electron chi connectivity index (χ4n) is 5.88. The van der Waals surface area contributed by atoms with Crippen LogP contribution in [0.5, 0.6) is 11.5 Å². The molecule has 0 saturated carbocycles. The molecule has 4 aliphatic heterocycles. The Balaban J connectivity index is 1.53. The number of carbonyl (C=O) groups excluding carboxylic acids is 3. The van der Waals surface area contributed by atoms with E-state index in [1.165, 1.54) is 9.80 Å². The second-order valence-electron chi connectivity index (χ2n) is 9.75. The summed E-state index contributed by atoms with van der Waals surface area (Å²) in [6.45, 7) is 7.77. The third-order valence-electron chi connectivity index (χ3n) is 7.68. The van der Waals surface area contributed by atoms with Gasteiger partial charge in [-0.3, -0.25) is 19.3 Å². The molecule has 0 bridgehead atoms. The molecular formula is C29H29N3O7. The van der Waals surface area contributed by atoms with Crippen LogP contribution in [0.2, 0.25) is 0 Å². The first-order chi connectivity index (χ1) is 19.0. The molecule has 2 aromatic rings. The van der Waals surface area contributed by atoms with E-state index in [2.05, 4.69) is 11.5 Å². The van der Waals surface area contributed by atoms with Gasteiger partial charge in [-0.1, -0.05) is 24.3 Å². The standard InChI is InChI=1S/C29H29N3O7/c1-2-9-31-21-6-4-3-5-20(21)29(28(31)36)24(25(33)19-7-8-22-23(18-19)39-17-16-38-22)26(34)27(35)32(29)11-10-30-12-14-37-15-13-30/h2-8,18,33H,1,9-17H2/t29-/m0/s1. The van der Waals surface area contributed by atoms with Crippen LogP contribution in [0.25, 0.3) is 5.76 Å². The first-order valence-corrected chi connectivity index (χ1v) is 13.0. The fraction of sp³-hybridized carbons (Fsp3) is 0.345. The summed E-state index contributed by atoms with van der Waals surface area (Å²) >= 11 is 0. The van der Waals surface area contributed by atoms with E-state index in [1.54, 1.807) is 48.5 Å². The summed E-state index contributed by atoms with van der Waals surface area (Å²) in [5, 5.41) is 11.7. The highest BCUT2D eigenvalue weighted by atomic mass is 16.6. The van der Waals surface area contributed by atoms with E-state index in [4.69, 9.17) is 14.2 Å². The van der Waals surface area contributed by atoms with Gasteiger partial charge in [-0.05, 0) is 24.3 Å². The van der Waals surface area contributed by atoms with Crippen LogP contribution >= 0.6 is 0 Å². The molecule has 1 spiro atoms. The molecule has 202 valence electrons. The number of ketones is 1. The lowest BCUT2D eigenvalue weighted by atomic mass is 9.82. The number of benzene rings is 2. The Kier molecular flexibility index (Phi) is 6.36. The van der Waals surface area contributed by atoms with Crippen molar-refractivity contribution in [1.82, 2.24) is 9.80 Å². The monoisotopic (exact) mass is 531 g/mol. The number of morpholine rings is 1. The van der Waals surface area contributed by atoms with Gasteiger partial charge in [-0.25, -0.2) is 0 Å². The number of likely N-dealkylation sites (tertiary alicyclic amines) is 1. The van der Waals surface area contributed by atoms with Crippen LogP contribution in [0.1, 0.15) is 11.1 Å². The van der Waals surface area contributed by atoms with Crippen LogP contribution in [0.15, 0.2) is 60.7 Å². The average Bonchev–Trinajstić information content (AvgIpc) is 3.35. The Labute approximate surface area is 225 Å². The van der Waals surface area contributed by atoms with Gasteiger partial charge in [-0.15, -0.1) is 6.58 Å². The molecular weight excluding hydrogens is 502 g/mol. The van der Waals surface area contributed by atoms with Crippen LogP contribution in [-0.4, -0.2) is 91.7 Å². The van der Waals surface area contributed by atoms with Crippen molar-refractivity contribution >= 4 is 29.0 Å². The molecule has 1 N–H and O–H groups in total. The van der Waals surface area contributed by atoms with Crippen molar-refractivity contribution in [2.45, 2.75) is 5.54 Å². The molecule has 2 aromatic carbocycles. The number of para-hydroxylation sites is 1. The number of nitrogens with zero attached hydrogens (tertiary/aromatic N) is 3. The normalized spacial score (nSPS) is 23.9. The zero-order chi connectivity index (χ0) is 27.1. The first kappa shape index (κ1) is 25.1. The molecule has 4 aliphatic rings. The molecule has 10 nitrogen and oxygen atoms in total. The molecule has 39 heavy (non-hydrogen) atoms. The molecule has 2 saturated heterocycles. The summed E-state index contributed by atoms with van der Waals surface area (Å²) in [5.74, 6) is -1.74. The van der Waals surface area contributed by atoms with Crippen molar-refractivity contribution in [2.75, 3.05) is 64.1 Å². The van der Waals surface area contributed by atoms with Crippen molar-refractivity contribution in [3.8, 4) is 11.5 Å². The maximum atomic E-state index is 14.4. The van der Waals surface area contributed by atoms with Crippen molar-refractivity contribution in [2.24, 2.45) is 0 Å². The summed E-state index contributed by atoms with van der Waals surface area (Å²) in [6, 6.07) is 11.9. The summed E-state index contributed by atoms with van der Waals surface area (Å²) in [7, 11) is 0. The predicted octanol–water partition coefficient (Wildman–Crippen LogP) is 1.90. The average molecular weight is 532 g/mol. The molecule has 0 unspecified atom stereocenters. The molecule has 0 aliphatic carbocycles. The van der Waals surface area contributed by atoms with Crippen LogP contribution < -0.4 is 14.4 Å². The van der Waals surface area contributed by atoms with E-state index in [1.807, 2.05) is 0 Å². The maximum absolute atomic E-state index is 14.4. The van der Waals surface area contributed by atoms with E-state index in [-0.39, 0.29) is 24.2 Å². The summed E-state index contributed by atoms with van der Waals surface area (Å²) in [4.78, 5) is 46.8. The zero-order valence-electron chi connectivity index (χ0n) is 21.4. The SMILES string of the molecule is C=CCN1C(=O)[C@@]2(C(=C(O)c3ccc4c(c3)OCCO4)C(=O)C(=O)N2CCN2CCOCC2)c2ccccc21. The molecule has 2 amide bonds. The van der Waals surface area contributed by atoms with Gasteiger partial charge in [0.05, 0.1) is 24.5 Å². The van der Waals surface area contributed by atoms with Gasteiger partial charge in [-0.2, -0.15) is 0 Å². The third-order valence-corrected chi connectivity index (χ3v) is 7.68. The van der Waals surface area contributed by atoms with E-state index in [9.17, 15) is 19.5 Å². The molecule has 0 aromatic heterocycles. The molecule has 0 radical (unpaired) electrons. The Morgan fingerprint density at radius 3 is 2.49 bits per heavy atom. The van der Waals surface area contributed by atoms with Gasteiger partial charge >= 0.3 is 0 Å². The number of aliphatic hydroxyl groups is 1. The van der Waals surface area contributed by atoms with E-state index >= 15 is 0 Å². The summed E-state index contributed by atoms with van der Waals surface area (Å²) in [5.41, 5.74) is -0.796. The lowest BCUT2D eigenvalue weighted by molar-refractivity contribution is -0.144. The number of rotatable bonds is 6. The quantitative estimate of drug-likeness (QED) is 0.261. The van der Waals surface area contributed by atoms with Crippen LogP contribution in [0, 0.1) is 0 Å². The van der Waals surface area contributed by atoms with Gasteiger partial charge in [0.1, 0.15) is 19.0 Å². The van der Waals surface area contributed by atoms with Gasteiger partial charge in [0.2, 0.25) is 0 Å². The van der Waals surface area contributed by atoms with E-state index < -0.39 is 28.9 Å². The first-order valence-electron chi connectivity index (χ1n) is 13.0. The Morgan fingerprint density at radius 1 is 0.974 bits per heavy atom. The molecule has 4 heterocycles. The number of Topliss-reactive ketones (excluding diaryl/α,β-unsaturated/α-hetero) is 1. The predicted molar refractivity (Wildman–Crippen MR) is 142 cm³/mol. The third kappa shape index (κ3) is 3.82. The number of anilines is 1. The highest BCUT2D eigenvalue weighted by Gasteiger charge is 2.67. The second-order valence-corrected chi connectivity index (χ2v) is 9.75. The minimum absolute atomic E-state index is 0.116. The van der Waals surface area contributed by atoms with Gasteiger partial charge in [0.15, 0.2) is 17.0 Å². The largest absolute Gasteiger partial charge is 0.507 e. The zero-order valence-corrected chi connectivity index (χ0v) is 21.4. The van der Waals surface area contributed by atoms with Crippen molar-refractivity contribution in [1.29, 1.82) is 0 Å². The number of fused-ring (bicyclic) bond motifs is 3. The highest BCUT2D eigenvalue weighted by molar-refractivity contribution is 6.50. The summed E-state index contributed by atoms with van der Waals surface area (Å²) in [6.07, 6.45) is 1.59. The molecule has 1 atom stereocenters. The Morgan fingerprint density at radius 2 is 1.72 bits per heavy atom.